The van der Waals surface area contributed by atoms with Gasteiger partial charge >= 0.3 is 0 Å². The van der Waals surface area contributed by atoms with E-state index in [0.29, 0.717) is 52.3 Å². The number of benzene rings is 2. The van der Waals surface area contributed by atoms with Gasteiger partial charge in [0.05, 0.1) is 24.4 Å². The lowest BCUT2D eigenvalue weighted by atomic mass is 9.98. The highest BCUT2D eigenvalue weighted by Crippen LogP contribution is 2.39. The molecule has 0 radical (unpaired) electrons. The molecule has 0 spiro atoms. The van der Waals surface area contributed by atoms with Crippen molar-refractivity contribution in [2.24, 2.45) is 10.7 Å². The van der Waals surface area contributed by atoms with Crippen molar-refractivity contribution in [1.29, 1.82) is 0 Å². The van der Waals surface area contributed by atoms with Crippen LogP contribution in [0, 0.1) is 0 Å². The predicted molar refractivity (Wildman–Crippen MR) is 158 cm³/mol. The van der Waals surface area contributed by atoms with Crippen LogP contribution in [-0.2, 0) is 16.1 Å². The lowest BCUT2D eigenvalue weighted by Crippen LogP contribution is -2.34. The minimum atomic E-state index is -0.335. The molecule has 210 valence electrons. The van der Waals surface area contributed by atoms with E-state index in [4.69, 9.17) is 10.5 Å². The van der Waals surface area contributed by atoms with Crippen molar-refractivity contribution in [3.05, 3.63) is 58.0 Å². The van der Waals surface area contributed by atoms with Gasteiger partial charge in [0.1, 0.15) is 18.1 Å². The monoisotopic (exact) mass is 544 g/mol. The molecule has 0 saturated heterocycles. The topological polar surface area (TPSA) is 123 Å². The molecule has 2 heterocycles. The van der Waals surface area contributed by atoms with E-state index >= 15 is 0 Å². The van der Waals surface area contributed by atoms with Crippen LogP contribution in [0.15, 0.2) is 51.9 Å². The van der Waals surface area contributed by atoms with E-state index in [0.717, 1.165) is 24.0 Å². The number of fused-ring (bicyclic) bond motifs is 2. The van der Waals surface area contributed by atoms with E-state index < -0.39 is 0 Å². The average molecular weight is 545 g/mol. The Kier molecular flexibility index (Phi) is 8.67. The molecule has 10 nitrogen and oxygen atoms in total. The molecule has 10 heteroatoms. The first-order valence-electron chi connectivity index (χ1n) is 13.4. The zero-order valence-electron chi connectivity index (χ0n) is 23.7. The van der Waals surface area contributed by atoms with Gasteiger partial charge in [-0.1, -0.05) is 19.9 Å². The number of nitrogens with two attached hydrogens (primary N) is 1. The number of carbonyl (C=O) groups excluding carboxylic acids is 2. The van der Waals surface area contributed by atoms with Crippen molar-refractivity contribution >= 4 is 40.2 Å². The van der Waals surface area contributed by atoms with Gasteiger partial charge in [-0.3, -0.25) is 14.4 Å². The van der Waals surface area contributed by atoms with Crippen molar-refractivity contribution in [1.82, 2.24) is 19.6 Å². The van der Waals surface area contributed by atoms with Gasteiger partial charge in [0, 0.05) is 50.1 Å². The zero-order valence-corrected chi connectivity index (χ0v) is 23.7. The summed E-state index contributed by atoms with van der Waals surface area (Å²) in [6.45, 7) is 5.34. The maximum absolute atomic E-state index is 13.4. The number of nitrogens with zero attached hydrogens (tertiary/aromatic N) is 5. The molecule has 0 saturated carbocycles. The molecule has 0 fully saturated rings. The van der Waals surface area contributed by atoms with Crippen LogP contribution in [0.5, 0.6) is 5.75 Å². The Bertz CT molecular complexity index is 1560. The normalized spacial score (nSPS) is 12.7. The van der Waals surface area contributed by atoms with E-state index in [1.54, 1.807) is 33.5 Å². The SMILES string of the molecule is CCCN(CCC)C(=O)C1=Cc2c(cc(-c3ccc4c(=O)n(CC(=O)N(C)C)ncc4c3)cc2OC)N=C(N)C1. The fraction of sp³-hybridized carbons (Fsp3) is 0.367. The number of aliphatic imine (C=N–C) groups is 1. The lowest BCUT2D eigenvalue weighted by molar-refractivity contribution is -0.129. The first-order chi connectivity index (χ1) is 19.2. The van der Waals surface area contributed by atoms with E-state index in [1.807, 2.05) is 35.2 Å². The molecule has 0 unspecified atom stereocenters. The first-order valence-corrected chi connectivity index (χ1v) is 13.4. The van der Waals surface area contributed by atoms with Crippen molar-refractivity contribution in [3.63, 3.8) is 0 Å². The Labute approximate surface area is 233 Å². The minimum Gasteiger partial charge on any atom is -0.496 e. The molecular weight excluding hydrogens is 508 g/mol. The molecule has 0 bridgehead atoms. The zero-order chi connectivity index (χ0) is 29.0. The molecule has 2 aromatic carbocycles. The Morgan fingerprint density at radius 3 is 2.45 bits per heavy atom. The Hall–Kier alpha value is -4.47. The van der Waals surface area contributed by atoms with Crippen LogP contribution in [0.2, 0.25) is 0 Å². The fourth-order valence-electron chi connectivity index (χ4n) is 4.74. The number of hydrogen-bond acceptors (Lipinski definition) is 7. The van der Waals surface area contributed by atoms with Gasteiger partial charge in [-0.2, -0.15) is 5.10 Å². The number of rotatable bonds is 9. The van der Waals surface area contributed by atoms with Gasteiger partial charge in [0.2, 0.25) is 11.8 Å². The van der Waals surface area contributed by atoms with Gasteiger partial charge < -0.3 is 20.3 Å². The van der Waals surface area contributed by atoms with Gasteiger partial charge in [-0.05, 0) is 54.3 Å². The molecule has 0 atom stereocenters. The number of methoxy groups -OCH3 is 1. The van der Waals surface area contributed by atoms with Crippen molar-refractivity contribution in [2.45, 2.75) is 39.7 Å². The molecule has 1 aromatic heterocycles. The standard InChI is InChI=1S/C30H36N6O4/c1-6-10-35(11-7-2)29(38)21-13-24-25(33-27(31)16-21)14-20(15-26(24)40-5)19-8-9-23-22(12-19)17-32-36(30(23)39)18-28(37)34(3)4/h8-9,12-15,17H,6-7,10-11,16,18H2,1-5H3,(H2,31,33). The highest BCUT2D eigenvalue weighted by molar-refractivity contribution is 6.06. The quantitative estimate of drug-likeness (QED) is 0.439. The third-order valence-corrected chi connectivity index (χ3v) is 6.81. The molecule has 4 rings (SSSR count). The third kappa shape index (κ3) is 5.90. The Morgan fingerprint density at radius 1 is 1.07 bits per heavy atom. The first kappa shape index (κ1) is 28.5. The number of carbonyl (C=O) groups is 2. The smallest absolute Gasteiger partial charge is 0.275 e. The maximum Gasteiger partial charge on any atom is 0.275 e. The number of ether oxygens (including phenoxy) is 1. The van der Waals surface area contributed by atoms with Crippen LogP contribution < -0.4 is 16.0 Å². The second-order valence-corrected chi connectivity index (χ2v) is 10.1. The predicted octanol–water partition coefficient (Wildman–Crippen LogP) is 3.58. The summed E-state index contributed by atoms with van der Waals surface area (Å²) >= 11 is 0. The lowest BCUT2D eigenvalue weighted by Gasteiger charge is -2.22. The van der Waals surface area contributed by atoms with E-state index in [1.165, 1.54) is 9.58 Å². The van der Waals surface area contributed by atoms with Crippen LogP contribution in [-0.4, -0.2) is 71.5 Å². The van der Waals surface area contributed by atoms with Gasteiger partial charge in [0.15, 0.2) is 0 Å². The van der Waals surface area contributed by atoms with E-state index in [9.17, 15) is 14.4 Å². The molecule has 1 aliphatic heterocycles. The summed E-state index contributed by atoms with van der Waals surface area (Å²) in [6.07, 6.45) is 5.41. The number of hydrogen-bond donors (Lipinski definition) is 1. The summed E-state index contributed by atoms with van der Waals surface area (Å²) < 4.78 is 6.91. The summed E-state index contributed by atoms with van der Waals surface area (Å²) in [5.41, 5.74) is 9.46. The fourth-order valence-corrected chi connectivity index (χ4v) is 4.74. The van der Waals surface area contributed by atoms with Crippen LogP contribution >= 0.6 is 0 Å². The summed E-state index contributed by atoms with van der Waals surface area (Å²) in [4.78, 5) is 46.4. The molecule has 0 aliphatic carbocycles. The minimum absolute atomic E-state index is 0.0409. The summed E-state index contributed by atoms with van der Waals surface area (Å²) in [5, 5.41) is 5.31. The molecular formula is C30H36N6O4. The van der Waals surface area contributed by atoms with Crippen molar-refractivity contribution < 1.29 is 14.3 Å². The average Bonchev–Trinajstić information content (AvgIpc) is 3.11. The molecule has 1 aliphatic rings. The second-order valence-electron chi connectivity index (χ2n) is 10.1. The van der Waals surface area contributed by atoms with Crippen LogP contribution in [0.25, 0.3) is 28.0 Å². The summed E-state index contributed by atoms with van der Waals surface area (Å²) in [6, 6.07) is 9.22. The van der Waals surface area contributed by atoms with Crippen molar-refractivity contribution in [3.8, 4) is 16.9 Å². The molecule has 2 N–H and O–H groups in total. The maximum atomic E-state index is 13.4. The van der Waals surface area contributed by atoms with Gasteiger partial charge in [-0.15, -0.1) is 0 Å². The van der Waals surface area contributed by atoms with Crippen LogP contribution in [0.4, 0.5) is 5.69 Å². The number of aromatic nitrogens is 2. The van der Waals surface area contributed by atoms with Crippen LogP contribution in [0.3, 0.4) is 0 Å². The van der Waals surface area contributed by atoms with Crippen LogP contribution in [0.1, 0.15) is 38.7 Å². The third-order valence-electron chi connectivity index (χ3n) is 6.81. The molecule has 3 aromatic rings. The summed E-state index contributed by atoms with van der Waals surface area (Å²) in [7, 11) is 4.85. The molecule has 2 amide bonds. The second kappa shape index (κ2) is 12.1. The number of amides is 2. The largest absolute Gasteiger partial charge is 0.496 e. The summed E-state index contributed by atoms with van der Waals surface area (Å²) in [5.74, 6) is 0.649. The van der Waals surface area contributed by atoms with E-state index in [-0.39, 0.29) is 30.3 Å². The van der Waals surface area contributed by atoms with E-state index in [2.05, 4.69) is 23.9 Å². The number of amidine groups is 1. The van der Waals surface area contributed by atoms with Crippen molar-refractivity contribution in [2.75, 3.05) is 34.3 Å². The van der Waals surface area contributed by atoms with Gasteiger partial charge in [-0.25, -0.2) is 9.67 Å². The highest BCUT2D eigenvalue weighted by Gasteiger charge is 2.23. The highest BCUT2D eigenvalue weighted by atomic mass is 16.5. The Morgan fingerprint density at radius 2 is 1.80 bits per heavy atom. The molecule has 40 heavy (non-hydrogen) atoms. The number of likely N-dealkylation sites (N-methyl/N-ethyl adjacent to an activating group) is 1. The Balaban J connectivity index is 1.75. The van der Waals surface area contributed by atoms with Gasteiger partial charge in [0.25, 0.3) is 5.56 Å².